The zero-order chi connectivity index (χ0) is 22.4. The predicted octanol–water partition coefficient (Wildman–Crippen LogP) is 3.75. The summed E-state index contributed by atoms with van der Waals surface area (Å²) < 4.78 is 11.0. The maximum absolute atomic E-state index is 12.1. The number of carbonyl (C=O) groups is 1. The Morgan fingerprint density at radius 3 is 2.48 bits per heavy atom. The predicted molar refractivity (Wildman–Crippen MR) is 109 cm³/mol. The molecule has 11 heteroatoms. The molecule has 0 atom stereocenters. The van der Waals surface area contributed by atoms with E-state index in [-0.39, 0.29) is 23.5 Å². The van der Waals surface area contributed by atoms with Gasteiger partial charge in [-0.15, -0.1) is 0 Å². The van der Waals surface area contributed by atoms with Crippen molar-refractivity contribution in [1.82, 2.24) is 5.43 Å². The van der Waals surface area contributed by atoms with Crippen LogP contribution < -0.4 is 10.2 Å². The molecule has 1 N–H and O–H groups in total. The van der Waals surface area contributed by atoms with Crippen LogP contribution in [0.1, 0.15) is 27.4 Å². The smallest absolute Gasteiger partial charge is 0.272 e. The van der Waals surface area contributed by atoms with Gasteiger partial charge >= 0.3 is 0 Å². The van der Waals surface area contributed by atoms with Gasteiger partial charge in [-0.05, 0) is 43.3 Å². The van der Waals surface area contributed by atoms with Crippen LogP contribution in [0, 0.1) is 27.2 Å². The zero-order valence-electron chi connectivity index (χ0n) is 16.2. The van der Waals surface area contributed by atoms with Gasteiger partial charge in [0.15, 0.2) is 0 Å². The van der Waals surface area contributed by atoms with Gasteiger partial charge in [0.2, 0.25) is 0 Å². The first-order valence-corrected chi connectivity index (χ1v) is 8.88. The molecule has 0 saturated heterocycles. The monoisotopic (exact) mass is 424 g/mol. The first-order chi connectivity index (χ1) is 14.8. The van der Waals surface area contributed by atoms with Crippen LogP contribution >= 0.6 is 0 Å². The highest BCUT2D eigenvalue weighted by atomic mass is 16.6. The van der Waals surface area contributed by atoms with E-state index in [1.807, 2.05) is 0 Å². The number of nitrogens with one attached hydrogen (secondary N) is 1. The van der Waals surface area contributed by atoms with E-state index in [9.17, 15) is 25.0 Å². The van der Waals surface area contributed by atoms with E-state index >= 15 is 0 Å². The first-order valence-electron chi connectivity index (χ1n) is 8.88. The molecule has 0 spiro atoms. The maximum Gasteiger partial charge on any atom is 0.272 e. The van der Waals surface area contributed by atoms with Gasteiger partial charge in [-0.2, -0.15) is 5.10 Å². The van der Waals surface area contributed by atoms with Gasteiger partial charge in [0.25, 0.3) is 17.3 Å². The lowest BCUT2D eigenvalue weighted by atomic mass is 10.1. The van der Waals surface area contributed by atoms with Crippen molar-refractivity contribution >= 4 is 23.5 Å². The van der Waals surface area contributed by atoms with Gasteiger partial charge in [0.05, 0.1) is 16.1 Å². The molecule has 0 radical (unpaired) electrons. The molecule has 0 aliphatic carbocycles. The van der Waals surface area contributed by atoms with E-state index < -0.39 is 15.8 Å². The molecule has 2 aromatic carbocycles. The topological polar surface area (TPSA) is 150 Å². The Kier molecular flexibility index (Phi) is 6.36. The van der Waals surface area contributed by atoms with Crippen LogP contribution in [-0.4, -0.2) is 22.0 Å². The summed E-state index contributed by atoms with van der Waals surface area (Å²) in [6.07, 6.45) is 1.30. The van der Waals surface area contributed by atoms with Crippen molar-refractivity contribution in [2.45, 2.75) is 13.5 Å². The van der Waals surface area contributed by atoms with Crippen LogP contribution in [0.4, 0.5) is 11.4 Å². The average Bonchev–Trinajstić information content (AvgIpc) is 3.19. The minimum Gasteiger partial charge on any atom is -0.486 e. The van der Waals surface area contributed by atoms with Gasteiger partial charge in [0.1, 0.15) is 23.9 Å². The summed E-state index contributed by atoms with van der Waals surface area (Å²) >= 11 is 0. The fourth-order valence-corrected chi connectivity index (χ4v) is 2.58. The molecular formula is C20H16N4O7. The summed E-state index contributed by atoms with van der Waals surface area (Å²) in [7, 11) is 0. The number of benzene rings is 2. The molecule has 0 aliphatic heterocycles. The molecule has 3 rings (SSSR count). The maximum atomic E-state index is 12.1. The number of nitro groups is 2. The average molecular weight is 424 g/mol. The highest BCUT2D eigenvalue weighted by Gasteiger charge is 2.13. The molecule has 11 nitrogen and oxygen atoms in total. The molecule has 1 aromatic heterocycles. The van der Waals surface area contributed by atoms with Crippen molar-refractivity contribution in [3.05, 3.63) is 97.5 Å². The van der Waals surface area contributed by atoms with E-state index in [0.717, 1.165) is 0 Å². The third-order valence-electron chi connectivity index (χ3n) is 4.12. The van der Waals surface area contributed by atoms with Crippen molar-refractivity contribution in [3.63, 3.8) is 0 Å². The second-order valence-corrected chi connectivity index (χ2v) is 6.30. The standard InChI is InChI=1S/C20H16N4O7/c1-13-10-14(2-9-19(13)24(28)29)20(25)22-21-11-17-7-8-18(31-17)12-30-16-5-3-15(4-6-16)23(26)27/h2-11H,12H2,1H3,(H,22,25)/b21-11-. The number of rotatable bonds is 8. The van der Waals surface area contributed by atoms with Crippen LogP contribution in [-0.2, 0) is 6.61 Å². The lowest BCUT2D eigenvalue weighted by molar-refractivity contribution is -0.385. The molecule has 158 valence electrons. The number of hydrogen-bond donors (Lipinski definition) is 1. The lowest BCUT2D eigenvalue weighted by Gasteiger charge is -2.03. The molecular weight excluding hydrogens is 408 g/mol. The molecule has 0 fully saturated rings. The lowest BCUT2D eigenvalue weighted by Crippen LogP contribution is -2.17. The third kappa shape index (κ3) is 5.50. The third-order valence-corrected chi connectivity index (χ3v) is 4.12. The molecule has 0 bridgehead atoms. The number of hydrogen-bond acceptors (Lipinski definition) is 8. The minimum absolute atomic E-state index is 0.0326. The van der Waals surface area contributed by atoms with Crippen molar-refractivity contribution in [2.75, 3.05) is 0 Å². The number of nitro benzene ring substituents is 2. The number of carbonyl (C=O) groups excluding carboxylic acids is 1. The molecule has 1 amide bonds. The second-order valence-electron chi connectivity index (χ2n) is 6.30. The van der Waals surface area contributed by atoms with E-state index in [4.69, 9.17) is 9.15 Å². The Morgan fingerprint density at radius 1 is 1.10 bits per heavy atom. The number of non-ortho nitro benzene ring substituents is 1. The molecule has 3 aromatic rings. The zero-order valence-corrected chi connectivity index (χ0v) is 16.2. The van der Waals surface area contributed by atoms with Crippen LogP contribution in [0.15, 0.2) is 64.1 Å². The molecule has 0 aliphatic rings. The van der Waals surface area contributed by atoms with Crippen molar-refractivity contribution in [1.29, 1.82) is 0 Å². The molecule has 0 unspecified atom stereocenters. The Morgan fingerprint density at radius 2 is 1.84 bits per heavy atom. The van der Waals surface area contributed by atoms with E-state index in [1.54, 1.807) is 19.1 Å². The number of ether oxygens (including phenoxy) is 1. The van der Waals surface area contributed by atoms with Gasteiger partial charge in [0, 0.05) is 29.3 Å². The normalized spacial score (nSPS) is 10.7. The van der Waals surface area contributed by atoms with Gasteiger partial charge in [-0.25, -0.2) is 5.43 Å². The largest absolute Gasteiger partial charge is 0.486 e. The molecule has 1 heterocycles. The Balaban J connectivity index is 1.53. The van der Waals surface area contributed by atoms with Gasteiger partial charge in [-0.1, -0.05) is 0 Å². The molecule has 31 heavy (non-hydrogen) atoms. The number of amides is 1. The summed E-state index contributed by atoms with van der Waals surface area (Å²) in [6.45, 7) is 1.64. The quantitative estimate of drug-likeness (QED) is 0.328. The number of aryl methyl sites for hydroxylation is 1. The summed E-state index contributed by atoms with van der Waals surface area (Å²) in [5, 5.41) is 25.3. The fraction of sp³-hybridized carbons (Fsp3) is 0.100. The van der Waals surface area contributed by atoms with E-state index in [1.165, 1.54) is 48.7 Å². The van der Waals surface area contributed by atoms with Crippen LogP contribution in [0.5, 0.6) is 5.75 Å². The first kappa shape index (κ1) is 21.2. The SMILES string of the molecule is Cc1cc(C(=O)N/N=C\c2ccc(COc3ccc([N+](=O)[O-])cc3)o2)ccc1[N+](=O)[O-]. The van der Waals surface area contributed by atoms with Crippen molar-refractivity contribution < 1.29 is 23.8 Å². The van der Waals surface area contributed by atoms with Crippen molar-refractivity contribution in [3.8, 4) is 5.75 Å². The number of furan rings is 1. The summed E-state index contributed by atoms with van der Waals surface area (Å²) in [5.41, 5.74) is 2.82. The van der Waals surface area contributed by atoms with Crippen LogP contribution in [0.2, 0.25) is 0 Å². The summed E-state index contributed by atoms with van der Waals surface area (Å²) in [6, 6.07) is 12.9. The fourth-order valence-electron chi connectivity index (χ4n) is 2.58. The number of hydrazone groups is 1. The highest BCUT2D eigenvalue weighted by molar-refractivity contribution is 5.95. The molecule has 0 saturated carbocycles. The Bertz CT molecular complexity index is 1150. The number of nitrogens with zero attached hydrogens (tertiary/aromatic N) is 3. The highest BCUT2D eigenvalue weighted by Crippen LogP contribution is 2.20. The van der Waals surface area contributed by atoms with E-state index in [0.29, 0.717) is 22.8 Å². The van der Waals surface area contributed by atoms with E-state index in [2.05, 4.69) is 10.5 Å². The van der Waals surface area contributed by atoms with Crippen molar-refractivity contribution in [2.24, 2.45) is 5.10 Å². The van der Waals surface area contributed by atoms with Crippen LogP contribution in [0.3, 0.4) is 0 Å². The van der Waals surface area contributed by atoms with Gasteiger partial charge < -0.3 is 9.15 Å². The summed E-state index contributed by atoms with van der Waals surface area (Å²) in [4.78, 5) is 32.6. The van der Waals surface area contributed by atoms with Gasteiger partial charge in [-0.3, -0.25) is 25.0 Å². The Hall–Kier alpha value is -4.54. The summed E-state index contributed by atoms with van der Waals surface area (Å²) in [5.74, 6) is 0.769. The Labute approximate surface area is 175 Å². The second kappa shape index (κ2) is 9.31. The minimum atomic E-state index is -0.525. The van der Waals surface area contributed by atoms with Crippen LogP contribution in [0.25, 0.3) is 0 Å².